The largest absolute Gasteiger partial charge is 0.486 e. The summed E-state index contributed by atoms with van der Waals surface area (Å²) in [6.07, 6.45) is 0. The Hall–Kier alpha value is -3.05. The molecule has 1 N–H and O–H groups in total. The first-order valence-corrected chi connectivity index (χ1v) is 9.46. The number of pyridine rings is 1. The predicted octanol–water partition coefficient (Wildman–Crippen LogP) is 4.75. The number of rotatable bonds is 4. The van der Waals surface area contributed by atoms with Crippen molar-refractivity contribution in [3.05, 3.63) is 60.7 Å². The minimum atomic E-state index is -0.597. The van der Waals surface area contributed by atoms with Gasteiger partial charge in [-0.25, -0.2) is 4.98 Å². The number of ether oxygens (including phenoxy) is 2. The molecule has 142 valence electrons. The van der Waals surface area contributed by atoms with Crippen molar-refractivity contribution in [2.24, 2.45) is 0 Å². The standard InChI is InChI=1S/C22H19ClN2O3/c1-14(23)22(26)24-17-5-2-4-15(12-17)18-6-3-7-19(25-18)16-8-9-20-21(13-16)28-11-10-27-20/h2-9,12-14H,10-11H2,1H3,(H,24,26)/t14-/m1/s1. The van der Waals surface area contributed by atoms with Crippen LogP contribution >= 0.6 is 11.6 Å². The molecule has 0 radical (unpaired) electrons. The zero-order valence-electron chi connectivity index (χ0n) is 15.3. The predicted molar refractivity (Wildman–Crippen MR) is 110 cm³/mol. The zero-order chi connectivity index (χ0) is 19.5. The molecule has 0 spiro atoms. The average molecular weight is 395 g/mol. The minimum absolute atomic E-state index is 0.239. The number of benzene rings is 2. The molecule has 0 bridgehead atoms. The second kappa shape index (κ2) is 7.90. The van der Waals surface area contributed by atoms with Gasteiger partial charge in [0.25, 0.3) is 0 Å². The summed E-state index contributed by atoms with van der Waals surface area (Å²) in [7, 11) is 0. The van der Waals surface area contributed by atoms with E-state index in [2.05, 4.69) is 5.32 Å². The Balaban J connectivity index is 1.63. The maximum absolute atomic E-state index is 11.8. The highest BCUT2D eigenvalue weighted by atomic mass is 35.5. The Labute approximate surface area is 168 Å². The third-order valence-electron chi connectivity index (χ3n) is 4.37. The Morgan fingerprint density at radius 1 is 0.964 bits per heavy atom. The lowest BCUT2D eigenvalue weighted by Gasteiger charge is -2.18. The number of alkyl halides is 1. The molecule has 28 heavy (non-hydrogen) atoms. The van der Waals surface area contributed by atoms with Gasteiger partial charge >= 0.3 is 0 Å². The first-order valence-electron chi connectivity index (χ1n) is 9.02. The number of carbonyl (C=O) groups excluding carboxylic acids is 1. The number of halogens is 1. The molecule has 0 saturated heterocycles. The SMILES string of the molecule is C[C@@H](Cl)C(=O)Nc1cccc(-c2cccc(-c3ccc4c(c3)OCCO4)n2)c1. The molecular formula is C22H19ClN2O3. The number of hydrogen-bond acceptors (Lipinski definition) is 4. The Kier molecular flexibility index (Phi) is 5.17. The van der Waals surface area contributed by atoms with Crippen LogP contribution in [0, 0.1) is 0 Å². The van der Waals surface area contributed by atoms with Gasteiger partial charge in [-0.1, -0.05) is 18.2 Å². The molecule has 1 atom stereocenters. The number of nitrogens with one attached hydrogen (secondary N) is 1. The van der Waals surface area contributed by atoms with E-state index in [4.69, 9.17) is 26.1 Å². The van der Waals surface area contributed by atoms with Crippen LogP contribution in [0.3, 0.4) is 0 Å². The van der Waals surface area contributed by atoms with E-state index in [0.717, 1.165) is 34.0 Å². The number of amides is 1. The lowest BCUT2D eigenvalue weighted by Crippen LogP contribution is -2.20. The topological polar surface area (TPSA) is 60.5 Å². The molecule has 4 rings (SSSR count). The highest BCUT2D eigenvalue weighted by molar-refractivity contribution is 6.32. The molecule has 6 heteroatoms. The van der Waals surface area contributed by atoms with Crippen LogP contribution in [0.4, 0.5) is 5.69 Å². The van der Waals surface area contributed by atoms with Crippen molar-refractivity contribution in [1.29, 1.82) is 0 Å². The second-order valence-electron chi connectivity index (χ2n) is 6.45. The number of fused-ring (bicyclic) bond motifs is 1. The van der Waals surface area contributed by atoms with Crippen LogP contribution in [0.5, 0.6) is 11.5 Å². The van der Waals surface area contributed by atoms with Gasteiger partial charge in [-0.05, 0) is 49.4 Å². The van der Waals surface area contributed by atoms with Crippen LogP contribution in [0.15, 0.2) is 60.7 Å². The lowest BCUT2D eigenvalue weighted by atomic mass is 10.1. The average Bonchev–Trinajstić information content (AvgIpc) is 2.73. The molecule has 1 aromatic heterocycles. The van der Waals surface area contributed by atoms with Gasteiger partial charge in [0.2, 0.25) is 5.91 Å². The van der Waals surface area contributed by atoms with Crippen LogP contribution in [-0.2, 0) is 4.79 Å². The summed E-state index contributed by atoms with van der Waals surface area (Å²) in [6, 6.07) is 19.2. The third-order valence-corrected chi connectivity index (χ3v) is 4.57. The number of aromatic nitrogens is 1. The van der Waals surface area contributed by atoms with Crippen molar-refractivity contribution in [3.8, 4) is 34.0 Å². The van der Waals surface area contributed by atoms with Crippen molar-refractivity contribution < 1.29 is 14.3 Å². The maximum Gasteiger partial charge on any atom is 0.242 e. The third kappa shape index (κ3) is 3.94. The van der Waals surface area contributed by atoms with Crippen LogP contribution in [0.25, 0.3) is 22.5 Å². The summed E-state index contributed by atoms with van der Waals surface area (Å²) in [5, 5.41) is 2.21. The van der Waals surface area contributed by atoms with E-state index in [1.165, 1.54) is 0 Å². The molecule has 2 aromatic carbocycles. The van der Waals surface area contributed by atoms with Gasteiger partial charge in [-0.2, -0.15) is 0 Å². The van der Waals surface area contributed by atoms with E-state index in [9.17, 15) is 4.79 Å². The molecule has 1 aliphatic rings. The summed E-state index contributed by atoms with van der Waals surface area (Å²) in [5.74, 6) is 1.25. The second-order valence-corrected chi connectivity index (χ2v) is 7.11. The fraction of sp³-hybridized carbons (Fsp3) is 0.182. The Morgan fingerprint density at radius 3 is 2.39 bits per heavy atom. The number of hydrogen-bond donors (Lipinski definition) is 1. The first kappa shape index (κ1) is 18.3. The van der Waals surface area contributed by atoms with Gasteiger partial charge in [0.15, 0.2) is 11.5 Å². The number of nitrogens with zero attached hydrogens (tertiary/aromatic N) is 1. The van der Waals surface area contributed by atoms with Crippen molar-refractivity contribution in [2.45, 2.75) is 12.3 Å². The van der Waals surface area contributed by atoms with Gasteiger partial charge < -0.3 is 14.8 Å². The summed E-state index contributed by atoms with van der Waals surface area (Å²) >= 11 is 5.83. The lowest BCUT2D eigenvalue weighted by molar-refractivity contribution is -0.115. The van der Waals surface area contributed by atoms with E-state index >= 15 is 0 Å². The number of anilines is 1. The van der Waals surface area contributed by atoms with Crippen LogP contribution in [-0.4, -0.2) is 29.5 Å². The molecule has 3 aromatic rings. The molecule has 2 heterocycles. The molecule has 0 unspecified atom stereocenters. The van der Waals surface area contributed by atoms with Crippen molar-refractivity contribution in [2.75, 3.05) is 18.5 Å². The minimum Gasteiger partial charge on any atom is -0.486 e. The normalized spacial score (nSPS) is 13.6. The smallest absolute Gasteiger partial charge is 0.242 e. The van der Waals surface area contributed by atoms with Crippen LogP contribution in [0.2, 0.25) is 0 Å². The van der Waals surface area contributed by atoms with E-state index in [1.54, 1.807) is 6.92 Å². The van der Waals surface area contributed by atoms with Crippen molar-refractivity contribution >= 4 is 23.2 Å². The van der Waals surface area contributed by atoms with E-state index < -0.39 is 5.38 Å². The van der Waals surface area contributed by atoms with E-state index in [0.29, 0.717) is 18.9 Å². The molecule has 0 fully saturated rings. The molecule has 0 saturated carbocycles. The molecule has 5 nitrogen and oxygen atoms in total. The highest BCUT2D eigenvalue weighted by Crippen LogP contribution is 2.34. The number of carbonyl (C=O) groups is 1. The Bertz CT molecular complexity index is 1020. The first-order chi connectivity index (χ1) is 13.6. The van der Waals surface area contributed by atoms with Crippen LogP contribution < -0.4 is 14.8 Å². The van der Waals surface area contributed by atoms with E-state index in [1.807, 2.05) is 60.7 Å². The van der Waals surface area contributed by atoms with Gasteiger partial charge in [0, 0.05) is 16.8 Å². The molecule has 1 amide bonds. The fourth-order valence-electron chi connectivity index (χ4n) is 2.96. The molecule has 0 aliphatic carbocycles. The molecule has 1 aliphatic heterocycles. The van der Waals surface area contributed by atoms with Crippen molar-refractivity contribution in [3.63, 3.8) is 0 Å². The van der Waals surface area contributed by atoms with Gasteiger partial charge in [-0.15, -0.1) is 11.6 Å². The maximum atomic E-state index is 11.8. The van der Waals surface area contributed by atoms with Gasteiger partial charge in [0.05, 0.1) is 11.4 Å². The van der Waals surface area contributed by atoms with Gasteiger partial charge in [0.1, 0.15) is 18.6 Å². The quantitative estimate of drug-likeness (QED) is 0.648. The zero-order valence-corrected chi connectivity index (χ0v) is 16.1. The van der Waals surface area contributed by atoms with E-state index in [-0.39, 0.29) is 5.91 Å². The summed E-state index contributed by atoms with van der Waals surface area (Å²) < 4.78 is 11.2. The van der Waals surface area contributed by atoms with Crippen molar-refractivity contribution in [1.82, 2.24) is 4.98 Å². The molecular weight excluding hydrogens is 376 g/mol. The monoisotopic (exact) mass is 394 g/mol. The summed E-state index contributed by atoms with van der Waals surface area (Å²) in [4.78, 5) is 16.6. The highest BCUT2D eigenvalue weighted by Gasteiger charge is 2.14. The van der Waals surface area contributed by atoms with Crippen LogP contribution in [0.1, 0.15) is 6.92 Å². The summed E-state index contributed by atoms with van der Waals surface area (Å²) in [5.41, 5.74) is 4.17. The fourth-order valence-corrected chi connectivity index (χ4v) is 3.01. The van der Waals surface area contributed by atoms with Gasteiger partial charge in [-0.3, -0.25) is 4.79 Å². The Morgan fingerprint density at radius 2 is 1.64 bits per heavy atom. The summed E-state index contributed by atoms with van der Waals surface area (Å²) in [6.45, 7) is 2.75.